The van der Waals surface area contributed by atoms with E-state index in [1.54, 1.807) is 36.0 Å². The number of nitrogens with zero attached hydrogens (tertiary/aromatic N) is 3. The van der Waals surface area contributed by atoms with Crippen LogP contribution in [0, 0.1) is 6.92 Å². The minimum atomic E-state index is -4.01. The van der Waals surface area contributed by atoms with Gasteiger partial charge in [-0.2, -0.15) is 8.42 Å². The second-order valence-corrected chi connectivity index (χ2v) is 10.6. The summed E-state index contributed by atoms with van der Waals surface area (Å²) in [6.07, 6.45) is 7.80. The Morgan fingerprint density at radius 2 is 1.84 bits per heavy atom. The molecule has 3 aromatic rings. The molecule has 0 amide bonds. The Morgan fingerprint density at radius 3 is 2.52 bits per heavy atom. The summed E-state index contributed by atoms with van der Waals surface area (Å²) in [5.74, 6) is 6.56. The summed E-state index contributed by atoms with van der Waals surface area (Å²) >= 11 is 1.54. The Labute approximate surface area is 185 Å². The standard InChI is InChI=1S/C23H21N4O2S2/c1-17-7-9-20(10-8-17)31(28,29)27(24)21-13-23(22-15-25-16-30-22,12-11-18(21)14-26-27)19-5-3-2-4-6-19/h2-12,14-16H,13,24H2,1H3/q+1. The van der Waals surface area contributed by atoms with Gasteiger partial charge in [-0.1, -0.05) is 60.2 Å². The fourth-order valence-electron chi connectivity index (χ4n) is 4.15. The molecule has 0 bridgehead atoms. The summed E-state index contributed by atoms with van der Waals surface area (Å²) in [7, 11) is -4.01. The third-order valence-electron chi connectivity index (χ3n) is 5.93. The van der Waals surface area contributed by atoms with Gasteiger partial charge in [0, 0.05) is 21.6 Å². The molecule has 8 heteroatoms. The van der Waals surface area contributed by atoms with Crippen LogP contribution in [0.4, 0.5) is 0 Å². The number of quaternary nitrogens is 1. The largest absolute Gasteiger partial charge is 0.374 e. The van der Waals surface area contributed by atoms with E-state index < -0.39 is 19.5 Å². The molecule has 1 aliphatic carbocycles. The molecule has 0 radical (unpaired) electrons. The molecule has 0 saturated carbocycles. The van der Waals surface area contributed by atoms with E-state index in [4.69, 9.17) is 5.84 Å². The Balaban J connectivity index is 1.65. The molecule has 2 N–H and O–H groups in total. The van der Waals surface area contributed by atoms with Gasteiger partial charge in [0.1, 0.15) is 4.90 Å². The minimum Gasteiger partial charge on any atom is -0.253 e. The number of thiazole rings is 1. The van der Waals surface area contributed by atoms with Gasteiger partial charge >= 0.3 is 10.0 Å². The van der Waals surface area contributed by atoms with Crippen molar-refractivity contribution in [3.63, 3.8) is 0 Å². The van der Waals surface area contributed by atoms with Crippen molar-refractivity contribution in [2.45, 2.75) is 23.7 Å². The molecule has 0 saturated heterocycles. The number of aryl methyl sites for hydroxylation is 1. The van der Waals surface area contributed by atoms with Crippen LogP contribution >= 0.6 is 11.3 Å². The second-order valence-electron chi connectivity index (χ2n) is 7.77. The van der Waals surface area contributed by atoms with Crippen LogP contribution in [-0.4, -0.2) is 23.7 Å². The van der Waals surface area contributed by atoms with Crippen molar-refractivity contribution in [2.24, 2.45) is 10.9 Å². The summed E-state index contributed by atoms with van der Waals surface area (Å²) in [6.45, 7) is 1.91. The van der Waals surface area contributed by atoms with Gasteiger partial charge in [-0.25, -0.2) is 0 Å². The van der Waals surface area contributed by atoms with Crippen molar-refractivity contribution in [3.05, 3.63) is 106 Å². The Kier molecular flexibility index (Phi) is 4.56. The van der Waals surface area contributed by atoms with Gasteiger partial charge in [-0.3, -0.25) is 4.98 Å². The molecule has 0 fully saturated rings. The van der Waals surface area contributed by atoms with E-state index in [2.05, 4.69) is 16.2 Å². The number of hydrogen-bond acceptors (Lipinski definition) is 6. The summed E-state index contributed by atoms with van der Waals surface area (Å²) in [5.41, 5.74) is 4.51. The lowest BCUT2D eigenvalue weighted by atomic mass is 9.72. The van der Waals surface area contributed by atoms with Crippen LogP contribution in [0.3, 0.4) is 0 Å². The van der Waals surface area contributed by atoms with Crippen molar-refractivity contribution in [3.8, 4) is 0 Å². The van der Waals surface area contributed by atoms with Gasteiger partial charge in [0.05, 0.1) is 22.7 Å². The smallest absolute Gasteiger partial charge is 0.253 e. The highest BCUT2D eigenvalue weighted by molar-refractivity contribution is 7.86. The van der Waals surface area contributed by atoms with E-state index in [0.717, 1.165) is 21.6 Å². The average Bonchev–Trinajstić information content (AvgIpc) is 3.44. The molecule has 2 aromatic carbocycles. The normalized spacial score (nSPS) is 25.1. The molecule has 2 aliphatic rings. The first-order valence-corrected chi connectivity index (χ1v) is 12.1. The summed E-state index contributed by atoms with van der Waals surface area (Å²) in [6, 6.07) is 16.7. The van der Waals surface area contributed by atoms with E-state index in [1.807, 2.05) is 49.5 Å². The molecular weight excluding hydrogens is 428 g/mol. The molecule has 0 spiro atoms. The monoisotopic (exact) mass is 449 g/mol. The molecule has 2 unspecified atom stereocenters. The van der Waals surface area contributed by atoms with Crippen LogP contribution in [0.2, 0.25) is 0 Å². The van der Waals surface area contributed by atoms with Crippen LogP contribution in [0.25, 0.3) is 0 Å². The van der Waals surface area contributed by atoms with Crippen molar-refractivity contribution >= 4 is 27.6 Å². The minimum absolute atomic E-state index is 0.143. The maximum Gasteiger partial charge on any atom is 0.374 e. The lowest BCUT2D eigenvalue weighted by Crippen LogP contribution is -2.53. The third kappa shape index (κ3) is 2.95. The van der Waals surface area contributed by atoms with Crippen molar-refractivity contribution in [1.82, 2.24) is 4.98 Å². The molecular formula is C23H21N4O2S2+. The summed E-state index contributed by atoms with van der Waals surface area (Å²) in [4.78, 5) is 5.44. The number of aromatic nitrogens is 1. The molecule has 1 aromatic heterocycles. The maximum absolute atomic E-state index is 13.6. The zero-order chi connectivity index (χ0) is 21.7. The highest BCUT2D eigenvalue weighted by Crippen LogP contribution is 2.48. The second kappa shape index (κ2) is 7.06. The predicted octanol–water partition coefficient (Wildman–Crippen LogP) is 4.03. The van der Waals surface area contributed by atoms with E-state index in [0.29, 0.717) is 12.1 Å². The van der Waals surface area contributed by atoms with Crippen molar-refractivity contribution in [1.29, 1.82) is 0 Å². The zero-order valence-electron chi connectivity index (χ0n) is 16.8. The van der Waals surface area contributed by atoms with E-state index in [1.165, 1.54) is 11.3 Å². The fraction of sp³-hybridized carbons (Fsp3) is 0.130. The molecule has 156 valence electrons. The van der Waals surface area contributed by atoms with Gasteiger partial charge in [-0.15, -0.1) is 17.2 Å². The van der Waals surface area contributed by atoms with Crippen LogP contribution < -0.4 is 5.84 Å². The first-order chi connectivity index (χ1) is 14.9. The number of rotatable bonds is 4. The fourth-order valence-corrected chi connectivity index (χ4v) is 6.40. The van der Waals surface area contributed by atoms with Crippen LogP contribution in [0.15, 0.2) is 99.7 Å². The molecule has 2 atom stereocenters. The third-order valence-corrected chi connectivity index (χ3v) is 8.79. The molecule has 31 heavy (non-hydrogen) atoms. The Bertz CT molecular complexity index is 1330. The number of sulfonamides is 1. The molecule has 6 nitrogen and oxygen atoms in total. The lowest BCUT2D eigenvalue weighted by molar-refractivity contribution is -0.784. The Hall–Kier alpha value is -2.91. The van der Waals surface area contributed by atoms with Crippen molar-refractivity contribution in [2.75, 3.05) is 0 Å². The predicted molar refractivity (Wildman–Crippen MR) is 121 cm³/mol. The molecule has 1 aliphatic heterocycles. The quantitative estimate of drug-likeness (QED) is 0.481. The zero-order valence-corrected chi connectivity index (χ0v) is 18.5. The van der Waals surface area contributed by atoms with Crippen LogP contribution in [0.5, 0.6) is 0 Å². The average molecular weight is 450 g/mol. The SMILES string of the molecule is Cc1ccc(S(=O)(=O)[N+]2(N)N=CC3=C2CC(c2ccccc2)(c2cncs2)C=C3)cc1. The number of benzene rings is 2. The van der Waals surface area contributed by atoms with Crippen LogP contribution in [-0.2, 0) is 15.4 Å². The molecule has 2 heterocycles. The van der Waals surface area contributed by atoms with E-state index in [9.17, 15) is 8.42 Å². The lowest BCUT2D eigenvalue weighted by Gasteiger charge is -2.35. The topological polar surface area (TPSA) is 85.4 Å². The number of hydrogen-bond donors (Lipinski definition) is 1. The number of nitrogens with two attached hydrogens (primary N) is 1. The van der Waals surface area contributed by atoms with Crippen LogP contribution in [0.1, 0.15) is 22.4 Å². The van der Waals surface area contributed by atoms with Gasteiger partial charge in [0.25, 0.3) is 0 Å². The first kappa shape index (κ1) is 20.0. The van der Waals surface area contributed by atoms with Gasteiger partial charge < -0.3 is 0 Å². The van der Waals surface area contributed by atoms with Crippen molar-refractivity contribution < 1.29 is 12.5 Å². The highest BCUT2D eigenvalue weighted by Gasteiger charge is 2.54. The number of allylic oxidation sites excluding steroid dienone is 4. The van der Waals surface area contributed by atoms with E-state index in [-0.39, 0.29) is 4.90 Å². The molecule has 5 rings (SSSR count). The highest BCUT2D eigenvalue weighted by atomic mass is 32.2. The van der Waals surface area contributed by atoms with Gasteiger partial charge in [-0.05, 0) is 29.7 Å². The summed E-state index contributed by atoms with van der Waals surface area (Å²) in [5, 5.41) is 4.29. The summed E-state index contributed by atoms with van der Waals surface area (Å²) < 4.78 is 26.2. The Morgan fingerprint density at radius 1 is 1.10 bits per heavy atom. The maximum atomic E-state index is 13.6. The first-order valence-electron chi connectivity index (χ1n) is 9.79. The van der Waals surface area contributed by atoms with Gasteiger partial charge in [0.2, 0.25) is 0 Å². The van der Waals surface area contributed by atoms with E-state index >= 15 is 0 Å². The van der Waals surface area contributed by atoms with Gasteiger partial charge in [0.15, 0.2) is 5.70 Å².